The maximum atomic E-state index is 13.6. The number of hydrogen-bond acceptors (Lipinski definition) is 1. The molecule has 0 aliphatic rings. The first-order valence-corrected chi connectivity index (χ1v) is 5.66. The normalized spacial score (nSPS) is 10.6. The molecule has 1 heterocycles. The molecule has 0 aliphatic carbocycles. The van der Waals surface area contributed by atoms with Crippen LogP contribution in [0, 0.1) is 5.82 Å². The van der Waals surface area contributed by atoms with Gasteiger partial charge >= 0.3 is 0 Å². The monoisotopic (exact) mass is 291 g/mol. The van der Waals surface area contributed by atoms with Gasteiger partial charge in [-0.25, -0.2) is 4.39 Å². The van der Waals surface area contributed by atoms with E-state index in [4.69, 9.17) is 34.8 Å². The summed E-state index contributed by atoms with van der Waals surface area (Å²) in [6.07, 6.45) is 0.969. The van der Waals surface area contributed by atoms with E-state index in [9.17, 15) is 9.18 Å². The molecule has 1 aromatic carbocycles. The fourth-order valence-corrected chi connectivity index (χ4v) is 2.03. The topological polar surface area (TPSA) is 32.9 Å². The molecule has 2 nitrogen and oxygen atoms in total. The van der Waals surface area contributed by atoms with Gasteiger partial charge in [-0.05, 0) is 6.07 Å². The van der Waals surface area contributed by atoms with Crippen LogP contribution >= 0.6 is 34.8 Å². The Morgan fingerprint density at radius 1 is 1.06 bits per heavy atom. The smallest absolute Gasteiger partial charge is 0.248 e. The Morgan fingerprint density at radius 2 is 1.76 bits per heavy atom. The minimum absolute atomic E-state index is 0.0808. The molecule has 0 atom stereocenters. The molecule has 0 saturated heterocycles. The van der Waals surface area contributed by atoms with E-state index in [1.807, 2.05) is 0 Å². The van der Waals surface area contributed by atoms with Gasteiger partial charge in [-0.15, -0.1) is 0 Å². The highest BCUT2D eigenvalue weighted by molar-refractivity contribution is 6.49. The quantitative estimate of drug-likeness (QED) is 0.787. The van der Waals surface area contributed by atoms with Gasteiger partial charge in [-0.2, -0.15) is 0 Å². The van der Waals surface area contributed by atoms with Crippen molar-refractivity contribution in [3.05, 3.63) is 55.6 Å². The van der Waals surface area contributed by atoms with Crippen LogP contribution < -0.4 is 5.56 Å². The molecule has 2 rings (SSSR count). The van der Waals surface area contributed by atoms with E-state index in [-0.39, 0.29) is 20.6 Å². The van der Waals surface area contributed by atoms with Crippen molar-refractivity contribution >= 4 is 34.8 Å². The zero-order chi connectivity index (χ0) is 12.6. The van der Waals surface area contributed by atoms with E-state index in [1.54, 1.807) is 0 Å². The van der Waals surface area contributed by atoms with Gasteiger partial charge in [0.1, 0.15) is 5.82 Å². The molecule has 17 heavy (non-hydrogen) atoms. The molecule has 1 N–H and O–H groups in total. The van der Waals surface area contributed by atoms with Crippen molar-refractivity contribution in [2.45, 2.75) is 0 Å². The molecule has 0 aliphatic heterocycles. The van der Waals surface area contributed by atoms with Crippen LogP contribution in [0.15, 0.2) is 29.2 Å². The Kier molecular flexibility index (Phi) is 3.43. The van der Waals surface area contributed by atoms with Crippen LogP contribution in [0.5, 0.6) is 0 Å². The molecule has 0 saturated carbocycles. The summed E-state index contributed by atoms with van der Waals surface area (Å²) in [6, 6.07) is 4.11. The first-order valence-electron chi connectivity index (χ1n) is 4.53. The van der Waals surface area contributed by atoms with E-state index >= 15 is 0 Å². The Morgan fingerprint density at radius 3 is 2.47 bits per heavy atom. The Labute approximate surface area is 111 Å². The zero-order valence-corrected chi connectivity index (χ0v) is 10.5. The van der Waals surface area contributed by atoms with Crippen molar-refractivity contribution < 1.29 is 4.39 Å². The lowest BCUT2D eigenvalue weighted by Crippen LogP contribution is -2.05. The standard InChI is InChI=1S/C11H5Cl3FNO/c12-7-2-1-5(10(13)11(7)14)6-3-9(17)16-4-8(6)15/h1-4H,(H,16,17). The predicted octanol–water partition coefficient (Wildman–Crippen LogP) is 4.14. The van der Waals surface area contributed by atoms with E-state index in [0.29, 0.717) is 5.56 Å². The zero-order valence-electron chi connectivity index (χ0n) is 8.23. The lowest BCUT2D eigenvalue weighted by atomic mass is 10.1. The van der Waals surface area contributed by atoms with Gasteiger partial charge in [0.15, 0.2) is 0 Å². The number of H-pyrrole nitrogens is 1. The molecule has 0 bridgehead atoms. The van der Waals surface area contributed by atoms with Crippen molar-refractivity contribution in [3.63, 3.8) is 0 Å². The van der Waals surface area contributed by atoms with E-state index < -0.39 is 11.4 Å². The van der Waals surface area contributed by atoms with E-state index in [1.165, 1.54) is 12.1 Å². The minimum Gasteiger partial charge on any atom is -0.326 e. The number of nitrogens with one attached hydrogen (secondary N) is 1. The van der Waals surface area contributed by atoms with Crippen molar-refractivity contribution in [1.29, 1.82) is 0 Å². The van der Waals surface area contributed by atoms with Crippen LogP contribution in [-0.4, -0.2) is 4.98 Å². The molecule has 0 radical (unpaired) electrons. The van der Waals surface area contributed by atoms with Crippen LogP contribution in [0.4, 0.5) is 4.39 Å². The first kappa shape index (κ1) is 12.4. The highest BCUT2D eigenvalue weighted by atomic mass is 35.5. The maximum absolute atomic E-state index is 13.6. The number of pyridine rings is 1. The largest absolute Gasteiger partial charge is 0.326 e. The average molecular weight is 293 g/mol. The molecule has 0 amide bonds. The second kappa shape index (κ2) is 4.69. The van der Waals surface area contributed by atoms with Gasteiger partial charge < -0.3 is 4.98 Å². The number of hydrogen-bond donors (Lipinski definition) is 1. The van der Waals surface area contributed by atoms with E-state index in [2.05, 4.69) is 4.98 Å². The molecule has 1 aromatic heterocycles. The minimum atomic E-state index is -0.593. The second-order valence-corrected chi connectivity index (χ2v) is 4.44. The molecule has 0 unspecified atom stereocenters. The number of benzene rings is 1. The molecule has 88 valence electrons. The van der Waals surface area contributed by atoms with Crippen LogP contribution in [0.2, 0.25) is 15.1 Å². The summed E-state index contributed by atoms with van der Waals surface area (Å²) in [5, 5.41) is 0.514. The Bertz CT molecular complexity index is 639. The van der Waals surface area contributed by atoms with Gasteiger partial charge in [0.25, 0.3) is 0 Å². The summed E-state index contributed by atoms with van der Waals surface area (Å²) in [5.74, 6) is -0.593. The number of aromatic nitrogens is 1. The number of aromatic amines is 1. The van der Waals surface area contributed by atoms with Crippen LogP contribution in [0.1, 0.15) is 0 Å². The van der Waals surface area contributed by atoms with Crippen molar-refractivity contribution in [3.8, 4) is 11.1 Å². The van der Waals surface area contributed by atoms with Gasteiger partial charge in [-0.3, -0.25) is 4.79 Å². The fraction of sp³-hybridized carbons (Fsp3) is 0. The summed E-state index contributed by atoms with van der Waals surface area (Å²) in [6.45, 7) is 0. The molecular formula is C11H5Cl3FNO. The first-order chi connectivity index (χ1) is 8.00. The summed E-state index contributed by atoms with van der Waals surface area (Å²) < 4.78 is 13.6. The van der Waals surface area contributed by atoms with Gasteiger partial charge in [0, 0.05) is 23.4 Å². The highest BCUT2D eigenvalue weighted by Crippen LogP contribution is 2.38. The van der Waals surface area contributed by atoms with Crippen molar-refractivity contribution in [2.24, 2.45) is 0 Å². The third-order valence-electron chi connectivity index (χ3n) is 2.20. The van der Waals surface area contributed by atoms with Gasteiger partial charge in [-0.1, -0.05) is 40.9 Å². The lowest BCUT2D eigenvalue weighted by molar-refractivity contribution is 0.624. The Balaban J connectivity index is 2.73. The predicted molar refractivity (Wildman–Crippen MR) is 67.5 cm³/mol. The second-order valence-electron chi connectivity index (χ2n) is 3.28. The fourth-order valence-electron chi connectivity index (χ4n) is 1.39. The Hall–Kier alpha value is -1.03. The molecule has 0 spiro atoms. The van der Waals surface area contributed by atoms with Crippen LogP contribution in [-0.2, 0) is 0 Å². The van der Waals surface area contributed by atoms with Gasteiger partial charge in [0.2, 0.25) is 5.56 Å². The summed E-state index contributed by atoms with van der Waals surface area (Å²) >= 11 is 17.6. The number of rotatable bonds is 1. The van der Waals surface area contributed by atoms with Crippen molar-refractivity contribution in [2.75, 3.05) is 0 Å². The third-order valence-corrected chi connectivity index (χ3v) is 3.49. The third kappa shape index (κ3) is 2.32. The van der Waals surface area contributed by atoms with Crippen LogP contribution in [0.25, 0.3) is 11.1 Å². The average Bonchev–Trinajstić information content (AvgIpc) is 2.30. The van der Waals surface area contributed by atoms with E-state index in [0.717, 1.165) is 12.3 Å². The molecule has 6 heteroatoms. The van der Waals surface area contributed by atoms with Crippen LogP contribution in [0.3, 0.4) is 0 Å². The lowest BCUT2D eigenvalue weighted by Gasteiger charge is -2.07. The highest BCUT2D eigenvalue weighted by Gasteiger charge is 2.14. The molecular weight excluding hydrogens is 287 g/mol. The van der Waals surface area contributed by atoms with Gasteiger partial charge in [0.05, 0.1) is 15.1 Å². The number of halogens is 4. The van der Waals surface area contributed by atoms with Crippen molar-refractivity contribution in [1.82, 2.24) is 4.98 Å². The maximum Gasteiger partial charge on any atom is 0.248 e. The molecule has 0 fully saturated rings. The molecule has 2 aromatic rings. The summed E-state index contributed by atoms with van der Waals surface area (Å²) in [5.41, 5.74) is -0.0227. The SMILES string of the molecule is O=c1cc(-c2ccc(Cl)c(Cl)c2Cl)c(F)c[nH]1. The summed E-state index contributed by atoms with van der Waals surface area (Å²) in [4.78, 5) is 13.4. The summed E-state index contributed by atoms with van der Waals surface area (Å²) in [7, 11) is 0.